The number of aldehydes is 1. The van der Waals surface area contributed by atoms with Crippen LogP contribution in [0.1, 0.15) is 104 Å². The molecule has 0 fully saturated rings. The average molecular weight is 329 g/mol. The van der Waals surface area contributed by atoms with Crippen LogP contribution in [0.15, 0.2) is 0 Å². The minimum absolute atomic E-state index is 0.0408. The zero-order chi connectivity index (χ0) is 17.8. The summed E-state index contributed by atoms with van der Waals surface area (Å²) in [6.07, 6.45) is 16.6. The highest BCUT2D eigenvalue weighted by molar-refractivity contribution is 5.74. The topological polar surface area (TPSA) is 72.2 Å². The summed E-state index contributed by atoms with van der Waals surface area (Å²) in [6, 6.07) is 0. The van der Waals surface area contributed by atoms with E-state index in [2.05, 4.69) is 12.3 Å². The van der Waals surface area contributed by atoms with Crippen molar-refractivity contribution < 1.29 is 9.59 Å². The molecule has 0 atom stereocenters. The lowest BCUT2D eigenvalue weighted by Gasteiger charge is -2.02. The summed E-state index contributed by atoms with van der Waals surface area (Å²) in [5.41, 5.74) is 2.16. The normalized spacial score (nSPS) is 10.1. The molecule has 0 aliphatic heterocycles. The SMILES string of the molecule is CC(C)CC=O.CCCCCCCCCCCCCC(=O)NN. The van der Waals surface area contributed by atoms with Crippen LogP contribution in [0, 0.1) is 5.92 Å². The number of hydrazine groups is 1. The quantitative estimate of drug-likeness (QED) is 0.156. The molecule has 1 amide bonds. The smallest absolute Gasteiger partial charge is 0.233 e. The minimum Gasteiger partial charge on any atom is -0.303 e. The number of nitrogens with one attached hydrogen (secondary N) is 1. The summed E-state index contributed by atoms with van der Waals surface area (Å²) in [4.78, 5) is 20.5. The van der Waals surface area contributed by atoms with Crippen LogP contribution >= 0.6 is 0 Å². The molecule has 0 aromatic carbocycles. The predicted octanol–water partition coefficient (Wildman–Crippen LogP) is 4.91. The average Bonchev–Trinajstić information content (AvgIpc) is 2.52. The number of hydrogen-bond acceptors (Lipinski definition) is 3. The van der Waals surface area contributed by atoms with Gasteiger partial charge in [0.15, 0.2) is 0 Å². The Hall–Kier alpha value is -0.900. The second kappa shape index (κ2) is 21.1. The molecule has 0 unspecified atom stereocenters. The van der Waals surface area contributed by atoms with Crippen molar-refractivity contribution in [3.05, 3.63) is 0 Å². The van der Waals surface area contributed by atoms with Crippen LogP contribution in [0.5, 0.6) is 0 Å². The maximum Gasteiger partial charge on any atom is 0.233 e. The molecule has 0 radical (unpaired) electrons. The summed E-state index contributed by atoms with van der Waals surface area (Å²) in [5, 5.41) is 0. The van der Waals surface area contributed by atoms with Gasteiger partial charge in [-0.3, -0.25) is 10.2 Å². The lowest BCUT2D eigenvalue weighted by Crippen LogP contribution is -2.29. The van der Waals surface area contributed by atoms with Crippen LogP contribution < -0.4 is 11.3 Å². The summed E-state index contributed by atoms with van der Waals surface area (Å²) in [6.45, 7) is 6.30. The van der Waals surface area contributed by atoms with E-state index in [4.69, 9.17) is 5.84 Å². The molecule has 0 heterocycles. The number of carbonyl (C=O) groups excluding carboxylic acids is 2. The van der Waals surface area contributed by atoms with E-state index in [0.717, 1.165) is 19.1 Å². The van der Waals surface area contributed by atoms with E-state index in [1.807, 2.05) is 13.8 Å². The Morgan fingerprint density at radius 1 is 0.913 bits per heavy atom. The zero-order valence-electron chi connectivity index (χ0n) is 15.7. The molecule has 23 heavy (non-hydrogen) atoms. The number of unbranched alkanes of at least 4 members (excludes halogenated alkanes) is 10. The van der Waals surface area contributed by atoms with Gasteiger partial charge in [-0.2, -0.15) is 0 Å². The first kappa shape index (κ1) is 24.4. The van der Waals surface area contributed by atoms with Crippen molar-refractivity contribution in [2.45, 2.75) is 104 Å². The maximum absolute atomic E-state index is 10.8. The van der Waals surface area contributed by atoms with Gasteiger partial charge in [0.2, 0.25) is 5.91 Å². The summed E-state index contributed by atoms with van der Waals surface area (Å²) >= 11 is 0. The van der Waals surface area contributed by atoms with E-state index in [1.54, 1.807) is 0 Å². The molecule has 0 aliphatic carbocycles. The lowest BCUT2D eigenvalue weighted by molar-refractivity contribution is -0.121. The van der Waals surface area contributed by atoms with E-state index < -0.39 is 0 Å². The zero-order valence-corrected chi connectivity index (χ0v) is 15.7. The molecule has 3 N–H and O–H groups in total. The minimum atomic E-state index is -0.0408. The number of hydrogen-bond donors (Lipinski definition) is 2. The third kappa shape index (κ3) is 26.3. The third-order valence-corrected chi connectivity index (χ3v) is 3.74. The number of carbonyl (C=O) groups is 2. The lowest BCUT2D eigenvalue weighted by atomic mass is 10.1. The van der Waals surface area contributed by atoms with Crippen molar-refractivity contribution >= 4 is 12.2 Å². The molecule has 0 saturated heterocycles. The van der Waals surface area contributed by atoms with Gasteiger partial charge in [0.05, 0.1) is 0 Å². The number of amides is 1. The van der Waals surface area contributed by atoms with Gasteiger partial charge in [0, 0.05) is 12.8 Å². The molecule has 0 rings (SSSR count). The van der Waals surface area contributed by atoms with Gasteiger partial charge in [-0.1, -0.05) is 85.0 Å². The Bertz CT molecular complexity index is 256. The molecule has 0 aromatic heterocycles. The van der Waals surface area contributed by atoms with Gasteiger partial charge in [0.1, 0.15) is 6.29 Å². The molecule has 0 aliphatic rings. The fourth-order valence-corrected chi connectivity index (χ4v) is 2.21. The standard InChI is InChI=1S/C14H30N2O.C5H10O/c1-2-3-4-5-6-7-8-9-10-11-12-13-14(17)16-15;1-5(2)3-4-6/h2-13,15H2,1H3,(H,16,17);4-5H,3H2,1-2H3. The molecule has 0 bridgehead atoms. The molecule has 0 spiro atoms. The molecule has 4 heteroatoms. The van der Waals surface area contributed by atoms with E-state index in [9.17, 15) is 9.59 Å². The Labute approximate surface area is 143 Å². The Morgan fingerprint density at radius 2 is 1.35 bits per heavy atom. The second-order valence-electron chi connectivity index (χ2n) is 6.65. The highest BCUT2D eigenvalue weighted by atomic mass is 16.2. The van der Waals surface area contributed by atoms with E-state index in [-0.39, 0.29) is 5.91 Å². The van der Waals surface area contributed by atoms with Gasteiger partial charge in [-0.15, -0.1) is 0 Å². The largest absolute Gasteiger partial charge is 0.303 e. The Morgan fingerprint density at radius 3 is 1.65 bits per heavy atom. The van der Waals surface area contributed by atoms with Crippen LogP contribution in [0.3, 0.4) is 0 Å². The first-order chi connectivity index (χ1) is 11.1. The highest BCUT2D eigenvalue weighted by Crippen LogP contribution is 2.11. The fraction of sp³-hybridized carbons (Fsp3) is 0.895. The van der Waals surface area contributed by atoms with Crippen molar-refractivity contribution in [2.75, 3.05) is 0 Å². The highest BCUT2D eigenvalue weighted by Gasteiger charge is 1.97. The Kier molecular flexibility index (Phi) is 22.3. The molecule has 0 aromatic rings. The van der Waals surface area contributed by atoms with Gasteiger partial charge < -0.3 is 4.79 Å². The van der Waals surface area contributed by atoms with Crippen LogP contribution in [0.25, 0.3) is 0 Å². The monoisotopic (exact) mass is 328 g/mol. The first-order valence-electron chi connectivity index (χ1n) is 9.51. The number of nitrogens with two attached hydrogens (primary N) is 1. The van der Waals surface area contributed by atoms with Gasteiger partial charge >= 0.3 is 0 Å². The van der Waals surface area contributed by atoms with Crippen molar-refractivity contribution in [1.29, 1.82) is 0 Å². The molecule has 4 nitrogen and oxygen atoms in total. The van der Waals surface area contributed by atoms with Crippen LogP contribution in [0.4, 0.5) is 0 Å². The van der Waals surface area contributed by atoms with E-state index >= 15 is 0 Å². The number of rotatable bonds is 14. The van der Waals surface area contributed by atoms with Crippen LogP contribution in [0.2, 0.25) is 0 Å². The molecular weight excluding hydrogens is 288 g/mol. The van der Waals surface area contributed by atoms with E-state index in [0.29, 0.717) is 18.8 Å². The van der Waals surface area contributed by atoms with Gasteiger partial charge in [-0.05, 0) is 12.3 Å². The summed E-state index contributed by atoms with van der Waals surface area (Å²) in [7, 11) is 0. The predicted molar refractivity (Wildman–Crippen MR) is 98.9 cm³/mol. The molecule has 138 valence electrons. The second-order valence-corrected chi connectivity index (χ2v) is 6.65. The molecular formula is C19H40N2O2. The third-order valence-electron chi connectivity index (χ3n) is 3.74. The Balaban J connectivity index is 0. The maximum atomic E-state index is 10.8. The van der Waals surface area contributed by atoms with Gasteiger partial charge in [-0.25, -0.2) is 5.84 Å². The molecule has 0 saturated carbocycles. The van der Waals surface area contributed by atoms with Crippen LogP contribution in [-0.2, 0) is 9.59 Å². The summed E-state index contributed by atoms with van der Waals surface area (Å²) in [5.74, 6) is 5.49. The van der Waals surface area contributed by atoms with E-state index in [1.165, 1.54) is 57.8 Å². The van der Waals surface area contributed by atoms with Crippen molar-refractivity contribution in [3.63, 3.8) is 0 Å². The van der Waals surface area contributed by atoms with Crippen molar-refractivity contribution in [2.24, 2.45) is 11.8 Å². The van der Waals surface area contributed by atoms with Gasteiger partial charge in [0.25, 0.3) is 0 Å². The van der Waals surface area contributed by atoms with Crippen molar-refractivity contribution in [1.82, 2.24) is 5.43 Å². The van der Waals surface area contributed by atoms with Crippen LogP contribution in [-0.4, -0.2) is 12.2 Å². The van der Waals surface area contributed by atoms with Crippen molar-refractivity contribution in [3.8, 4) is 0 Å². The fourth-order valence-electron chi connectivity index (χ4n) is 2.21. The summed E-state index contributed by atoms with van der Waals surface area (Å²) < 4.78 is 0. The first-order valence-corrected chi connectivity index (χ1v) is 9.51.